The first-order valence-corrected chi connectivity index (χ1v) is 6.51. The van der Waals surface area contributed by atoms with Gasteiger partial charge in [-0.3, -0.25) is 0 Å². The normalized spacial score (nSPS) is 10.9. The van der Waals surface area contributed by atoms with Crippen molar-refractivity contribution in [2.45, 2.75) is 0 Å². The largest absolute Gasteiger partial charge is 0.497 e. The van der Waals surface area contributed by atoms with Crippen molar-refractivity contribution < 1.29 is 18.9 Å². The van der Waals surface area contributed by atoms with Crippen molar-refractivity contribution in [2.24, 2.45) is 0 Å². The van der Waals surface area contributed by atoms with Gasteiger partial charge in [0.2, 0.25) is 0 Å². The predicted molar refractivity (Wildman–Crippen MR) is 82.0 cm³/mol. The molecule has 0 unspecified atom stereocenters. The Balaban J connectivity index is 2.47. The summed E-state index contributed by atoms with van der Waals surface area (Å²) < 4.78 is 21.7. The van der Waals surface area contributed by atoms with E-state index in [1.165, 1.54) is 0 Å². The number of nitrogens with one attached hydrogen (secondary N) is 1. The van der Waals surface area contributed by atoms with E-state index in [-0.39, 0.29) is 0 Å². The molecule has 0 radical (unpaired) electrons. The van der Waals surface area contributed by atoms with E-state index in [1.807, 2.05) is 24.3 Å². The minimum absolute atomic E-state index is 0.625. The summed E-state index contributed by atoms with van der Waals surface area (Å²) in [4.78, 5) is 3.36. The molecule has 0 amide bonds. The summed E-state index contributed by atoms with van der Waals surface area (Å²) >= 11 is 0. The molecule has 1 aromatic heterocycles. The van der Waals surface area contributed by atoms with Gasteiger partial charge in [0.05, 0.1) is 39.3 Å². The van der Waals surface area contributed by atoms with Gasteiger partial charge in [-0.15, -0.1) is 0 Å². The zero-order chi connectivity index (χ0) is 15.0. The van der Waals surface area contributed by atoms with E-state index in [9.17, 15) is 0 Å². The van der Waals surface area contributed by atoms with Crippen LogP contribution in [0.5, 0.6) is 23.0 Å². The maximum Gasteiger partial charge on any atom is 0.185 e. The summed E-state index contributed by atoms with van der Waals surface area (Å²) in [5, 5.41) is 1.96. The standard InChI is InChI=1S/C16H17NO4/c1-18-9-5-6-11-10(7-9)14-12(19-2)8-13(20-3)16(21-4)15(14)17-11/h5-8,17H,1-4H3. The highest BCUT2D eigenvalue weighted by molar-refractivity contribution is 6.13. The van der Waals surface area contributed by atoms with Gasteiger partial charge >= 0.3 is 0 Å². The van der Waals surface area contributed by atoms with Crippen molar-refractivity contribution in [1.82, 2.24) is 4.98 Å². The van der Waals surface area contributed by atoms with Crippen molar-refractivity contribution >= 4 is 21.8 Å². The topological polar surface area (TPSA) is 52.7 Å². The maximum atomic E-state index is 5.51. The molecule has 0 bridgehead atoms. The SMILES string of the molecule is COc1ccc2[nH]c3c(OC)c(OC)cc(OC)c3c2c1. The Labute approximate surface area is 122 Å². The molecule has 0 aliphatic carbocycles. The third-order valence-corrected chi connectivity index (χ3v) is 3.61. The average Bonchev–Trinajstić information content (AvgIpc) is 2.91. The van der Waals surface area contributed by atoms with Crippen LogP contribution >= 0.6 is 0 Å². The van der Waals surface area contributed by atoms with Gasteiger partial charge in [0.15, 0.2) is 11.5 Å². The summed E-state index contributed by atoms with van der Waals surface area (Å²) in [5.41, 5.74) is 1.83. The van der Waals surface area contributed by atoms with Crippen LogP contribution in [-0.2, 0) is 0 Å². The smallest absolute Gasteiger partial charge is 0.185 e. The van der Waals surface area contributed by atoms with E-state index in [4.69, 9.17) is 18.9 Å². The molecule has 3 rings (SSSR count). The fourth-order valence-corrected chi connectivity index (χ4v) is 2.62. The summed E-state index contributed by atoms with van der Waals surface area (Å²) in [6.45, 7) is 0. The van der Waals surface area contributed by atoms with Gasteiger partial charge in [0.1, 0.15) is 11.5 Å². The Morgan fingerprint density at radius 2 is 1.57 bits per heavy atom. The lowest BCUT2D eigenvalue weighted by Crippen LogP contribution is -1.93. The molecule has 0 saturated carbocycles. The number of hydrogen-bond donors (Lipinski definition) is 1. The quantitative estimate of drug-likeness (QED) is 0.799. The van der Waals surface area contributed by atoms with Gasteiger partial charge in [-0.2, -0.15) is 0 Å². The van der Waals surface area contributed by atoms with Crippen molar-refractivity contribution in [2.75, 3.05) is 28.4 Å². The lowest BCUT2D eigenvalue weighted by Gasteiger charge is -2.11. The van der Waals surface area contributed by atoms with Crippen LogP contribution in [0.15, 0.2) is 24.3 Å². The Bertz CT molecular complexity index is 807. The molecular weight excluding hydrogens is 270 g/mol. The lowest BCUT2D eigenvalue weighted by molar-refractivity contribution is 0.353. The number of aromatic amines is 1. The first kappa shape index (κ1) is 13.4. The Morgan fingerprint density at radius 3 is 2.19 bits per heavy atom. The monoisotopic (exact) mass is 287 g/mol. The number of aromatic nitrogens is 1. The molecule has 0 aliphatic heterocycles. The van der Waals surface area contributed by atoms with Crippen LogP contribution in [0.4, 0.5) is 0 Å². The number of fused-ring (bicyclic) bond motifs is 3. The second kappa shape index (κ2) is 5.09. The zero-order valence-electron chi connectivity index (χ0n) is 12.4. The zero-order valence-corrected chi connectivity index (χ0v) is 12.4. The fraction of sp³-hybridized carbons (Fsp3) is 0.250. The number of benzene rings is 2. The summed E-state index contributed by atoms with van der Waals surface area (Å²) in [7, 11) is 6.52. The third kappa shape index (κ3) is 1.93. The molecule has 0 fully saturated rings. The van der Waals surface area contributed by atoms with E-state index in [0.717, 1.165) is 33.3 Å². The third-order valence-electron chi connectivity index (χ3n) is 3.61. The Morgan fingerprint density at radius 1 is 0.810 bits per heavy atom. The Kier molecular flexibility index (Phi) is 3.25. The van der Waals surface area contributed by atoms with Crippen LogP contribution in [0.3, 0.4) is 0 Å². The van der Waals surface area contributed by atoms with Crippen molar-refractivity contribution in [3.8, 4) is 23.0 Å². The van der Waals surface area contributed by atoms with Crippen LogP contribution in [0.2, 0.25) is 0 Å². The van der Waals surface area contributed by atoms with E-state index < -0.39 is 0 Å². The van der Waals surface area contributed by atoms with E-state index in [2.05, 4.69) is 4.98 Å². The van der Waals surface area contributed by atoms with E-state index in [1.54, 1.807) is 28.4 Å². The molecular formula is C16H17NO4. The highest BCUT2D eigenvalue weighted by Crippen LogP contribution is 2.44. The van der Waals surface area contributed by atoms with Gasteiger partial charge in [-0.25, -0.2) is 0 Å². The van der Waals surface area contributed by atoms with Gasteiger partial charge in [0, 0.05) is 17.0 Å². The second-order valence-corrected chi connectivity index (χ2v) is 4.60. The van der Waals surface area contributed by atoms with Crippen LogP contribution < -0.4 is 18.9 Å². The first-order valence-electron chi connectivity index (χ1n) is 6.51. The molecule has 21 heavy (non-hydrogen) atoms. The molecule has 0 aliphatic rings. The molecule has 2 aromatic carbocycles. The second-order valence-electron chi connectivity index (χ2n) is 4.60. The van der Waals surface area contributed by atoms with Crippen LogP contribution in [-0.4, -0.2) is 33.4 Å². The van der Waals surface area contributed by atoms with Crippen LogP contribution in [0.1, 0.15) is 0 Å². The van der Waals surface area contributed by atoms with Crippen molar-refractivity contribution in [3.05, 3.63) is 24.3 Å². The molecule has 110 valence electrons. The van der Waals surface area contributed by atoms with Gasteiger partial charge in [-0.05, 0) is 18.2 Å². The van der Waals surface area contributed by atoms with Gasteiger partial charge in [0.25, 0.3) is 0 Å². The fourth-order valence-electron chi connectivity index (χ4n) is 2.62. The number of H-pyrrole nitrogens is 1. The first-order chi connectivity index (χ1) is 10.2. The van der Waals surface area contributed by atoms with Gasteiger partial charge in [-0.1, -0.05) is 0 Å². The summed E-state index contributed by atoms with van der Waals surface area (Å²) in [6.07, 6.45) is 0. The van der Waals surface area contributed by atoms with Crippen molar-refractivity contribution in [3.63, 3.8) is 0 Å². The number of rotatable bonds is 4. The highest BCUT2D eigenvalue weighted by atomic mass is 16.5. The molecule has 1 heterocycles. The van der Waals surface area contributed by atoms with Gasteiger partial charge < -0.3 is 23.9 Å². The number of ether oxygens (including phenoxy) is 4. The number of methoxy groups -OCH3 is 4. The van der Waals surface area contributed by atoms with Crippen LogP contribution in [0, 0.1) is 0 Å². The molecule has 0 saturated heterocycles. The maximum absolute atomic E-state index is 5.51. The molecule has 5 nitrogen and oxygen atoms in total. The number of hydrogen-bond acceptors (Lipinski definition) is 4. The average molecular weight is 287 g/mol. The lowest BCUT2D eigenvalue weighted by atomic mass is 10.1. The highest BCUT2D eigenvalue weighted by Gasteiger charge is 2.19. The van der Waals surface area contributed by atoms with E-state index >= 15 is 0 Å². The molecule has 0 atom stereocenters. The molecule has 0 spiro atoms. The van der Waals surface area contributed by atoms with Crippen molar-refractivity contribution in [1.29, 1.82) is 0 Å². The van der Waals surface area contributed by atoms with Crippen LogP contribution in [0.25, 0.3) is 21.8 Å². The summed E-state index contributed by atoms with van der Waals surface area (Å²) in [5.74, 6) is 2.80. The minimum atomic E-state index is 0.625. The Hall–Kier alpha value is -2.56. The molecule has 3 aromatic rings. The molecule has 5 heteroatoms. The molecule has 1 N–H and O–H groups in total. The predicted octanol–water partition coefficient (Wildman–Crippen LogP) is 3.36. The van der Waals surface area contributed by atoms with E-state index in [0.29, 0.717) is 11.5 Å². The minimum Gasteiger partial charge on any atom is -0.497 e. The summed E-state index contributed by atoms with van der Waals surface area (Å²) in [6, 6.07) is 7.68.